The van der Waals surface area contributed by atoms with Crippen LogP contribution in [0.2, 0.25) is 0 Å². The Morgan fingerprint density at radius 3 is 2.03 bits per heavy atom. The van der Waals surface area contributed by atoms with Crippen molar-refractivity contribution >= 4 is 11.5 Å². The monoisotopic (exact) mass is 451 g/mol. The average Bonchev–Trinajstić information content (AvgIpc) is 3.09. The largest absolute Gasteiger partial charge is 0.343 e. The number of fused-ring (bicyclic) bond motifs is 3. The van der Waals surface area contributed by atoms with Crippen LogP contribution in [0, 0.1) is 0 Å². The lowest BCUT2D eigenvalue weighted by molar-refractivity contribution is 1.05. The van der Waals surface area contributed by atoms with Crippen molar-refractivity contribution in [3.63, 3.8) is 0 Å². The van der Waals surface area contributed by atoms with E-state index in [4.69, 9.17) is 9.98 Å². The lowest BCUT2D eigenvalue weighted by Crippen LogP contribution is -2.15. The summed E-state index contributed by atoms with van der Waals surface area (Å²) in [6.45, 7) is 0.636. The Kier molecular flexibility index (Phi) is 5.65. The number of aliphatic imine (C=N–C) groups is 1. The van der Waals surface area contributed by atoms with Crippen molar-refractivity contribution in [1.29, 1.82) is 0 Å². The van der Waals surface area contributed by atoms with Crippen LogP contribution in [0.15, 0.2) is 126 Å². The Morgan fingerprint density at radius 2 is 1.29 bits per heavy atom. The fourth-order valence-corrected chi connectivity index (χ4v) is 4.64. The van der Waals surface area contributed by atoms with Gasteiger partial charge in [-0.15, -0.1) is 0 Å². The van der Waals surface area contributed by atoms with Gasteiger partial charge in [0.2, 0.25) is 0 Å². The van der Waals surface area contributed by atoms with E-state index in [1.807, 2.05) is 12.1 Å². The Morgan fingerprint density at radius 1 is 0.657 bits per heavy atom. The molecule has 1 aliphatic heterocycles. The Balaban J connectivity index is 1.56. The van der Waals surface area contributed by atoms with E-state index in [9.17, 15) is 0 Å². The van der Waals surface area contributed by atoms with E-state index in [0.717, 1.165) is 34.0 Å². The van der Waals surface area contributed by atoms with Crippen molar-refractivity contribution in [2.45, 2.75) is 13.0 Å². The number of hydrogen-bond acceptors (Lipinski definition) is 2. The molecule has 0 radical (unpaired) electrons. The molecule has 0 fully saturated rings. The highest BCUT2D eigenvalue weighted by molar-refractivity contribution is 6.05. The number of para-hydroxylation sites is 1. The Bertz CT molecular complexity index is 1490. The van der Waals surface area contributed by atoms with Gasteiger partial charge in [-0.3, -0.25) is 4.99 Å². The van der Waals surface area contributed by atoms with Crippen molar-refractivity contribution in [2.75, 3.05) is 5.32 Å². The predicted molar refractivity (Wildman–Crippen MR) is 145 cm³/mol. The standard InChI is InChI=1S/C32H25N3/c1-4-12-23(13-5-1)22-33-31-21-28-27(24-14-6-2-7-15-24)20-30(25-16-8-3-9-17-25)35-32(28)26-18-10-11-19-29(26)34-31/h1-20H,21-22H2,(H,33,34). The third-order valence-corrected chi connectivity index (χ3v) is 6.38. The molecule has 0 aliphatic carbocycles. The van der Waals surface area contributed by atoms with Crippen LogP contribution in [0.3, 0.4) is 0 Å². The lowest BCUT2D eigenvalue weighted by Gasteiger charge is -2.16. The van der Waals surface area contributed by atoms with E-state index in [0.29, 0.717) is 13.0 Å². The van der Waals surface area contributed by atoms with E-state index < -0.39 is 0 Å². The number of nitrogens with zero attached hydrogens (tertiary/aromatic N) is 2. The highest BCUT2D eigenvalue weighted by Gasteiger charge is 2.23. The van der Waals surface area contributed by atoms with Crippen molar-refractivity contribution in [3.8, 4) is 33.6 Å². The van der Waals surface area contributed by atoms with Crippen LogP contribution < -0.4 is 5.32 Å². The van der Waals surface area contributed by atoms with Gasteiger partial charge < -0.3 is 5.32 Å². The van der Waals surface area contributed by atoms with E-state index in [-0.39, 0.29) is 0 Å². The summed E-state index contributed by atoms with van der Waals surface area (Å²) >= 11 is 0. The number of anilines is 1. The first-order valence-corrected chi connectivity index (χ1v) is 11.9. The molecule has 1 N–H and O–H groups in total. The number of hydrogen-bond donors (Lipinski definition) is 1. The molecule has 3 nitrogen and oxygen atoms in total. The molecule has 35 heavy (non-hydrogen) atoms. The zero-order chi connectivity index (χ0) is 23.5. The van der Waals surface area contributed by atoms with Gasteiger partial charge in [-0.25, -0.2) is 4.98 Å². The van der Waals surface area contributed by atoms with Crippen molar-refractivity contribution in [3.05, 3.63) is 132 Å². The number of benzene rings is 4. The van der Waals surface area contributed by atoms with Crippen LogP contribution >= 0.6 is 0 Å². The molecule has 3 heteroatoms. The van der Waals surface area contributed by atoms with Crippen molar-refractivity contribution in [1.82, 2.24) is 4.98 Å². The second-order valence-corrected chi connectivity index (χ2v) is 8.71. The van der Waals surface area contributed by atoms with E-state index in [1.165, 1.54) is 22.3 Å². The van der Waals surface area contributed by atoms with Gasteiger partial charge in [0, 0.05) is 23.2 Å². The molecule has 0 saturated heterocycles. The highest BCUT2D eigenvalue weighted by atomic mass is 15.0. The molecule has 5 aromatic rings. The van der Waals surface area contributed by atoms with Gasteiger partial charge in [-0.05, 0) is 34.4 Å². The van der Waals surface area contributed by atoms with Gasteiger partial charge in [-0.1, -0.05) is 109 Å². The number of aromatic nitrogens is 1. The molecule has 168 valence electrons. The topological polar surface area (TPSA) is 37.3 Å². The van der Waals surface area contributed by atoms with Crippen LogP contribution in [0.25, 0.3) is 33.6 Å². The Hall–Kier alpha value is -4.50. The number of rotatable bonds is 4. The van der Waals surface area contributed by atoms with Gasteiger partial charge in [0.1, 0.15) is 5.84 Å². The molecule has 1 aliphatic rings. The summed E-state index contributed by atoms with van der Waals surface area (Å²) < 4.78 is 0. The molecule has 4 aromatic carbocycles. The third-order valence-electron chi connectivity index (χ3n) is 6.38. The first kappa shape index (κ1) is 21.1. The molecule has 0 bridgehead atoms. The molecule has 0 atom stereocenters. The van der Waals surface area contributed by atoms with Crippen LogP contribution in [0.4, 0.5) is 5.69 Å². The first-order chi connectivity index (χ1) is 17.3. The predicted octanol–water partition coefficient (Wildman–Crippen LogP) is 7.65. The van der Waals surface area contributed by atoms with Crippen LogP contribution in [-0.4, -0.2) is 10.8 Å². The molecule has 6 rings (SSSR count). The van der Waals surface area contributed by atoms with E-state index in [1.54, 1.807) is 0 Å². The van der Waals surface area contributed by atoms with Crippen LogP contribution in [-0.2, 0) is 13.0 Å². The first-order valence-electron chi connectivity index (χ1n) is 11.9. The van der Waals surface area contributed by atoms with Gasteiger partial charge in [0.05, 0.1) is 17.9 Å². The van der Waals surface area contributed by atoms with Crippen molar-refractivity contribution < 1.29 is 0 Å². The summed E-state index contributed by atoms with van der Waals surface area (Å²) in [5.74, 6) is 0.950. The lowest BCUT2D eigenvalue weighted by atomic mass is 9.92. The van der Waals surface area contributed by atoms with Gasteiger partial charge in [0.15, 0.2) is 0 Å². The summed E-state index contributed by atoms with van der Waals surface area (Å²) in [4.78, 5) is 10.2. The number of nitrogens with one attached hydrogen (secondary N) is 1. The zero-order valence-corrected chi connectivity index (χ0v) is 19.4. The number of pyridine rings is 1. The summed E-state index contributed by atoms with van der Waals surface area (Å²) in [6, 6.07) is 42.0. The van der Waals surface area contributed by atoms with Gasteiger partial charge in [0.25, 0.3) is 0 Å². The normalized spacial score (nSPS) is 13.4. The summed E-state index contributed by atoms with van der Waals surface area (Å²) in [7, 11) is 0. The minimum atomic E-state index is 0.636. The fourth-order valence-electron chi connectivity index (χ4n) is 4.64. The maximum atomic E-state index is 5.23. The fraction of sp³-hybridized carbons (Fsp3) is 0.0625. The molecule has 2 heterocycles. The van der Waals surface area contributed by atoms with Crippen LogP contribution in [0.1, 0.15) is 11.1 Å². The smallest absolute Gasteiger partial charge is 0.106 e. The number of amidine groups is 1. The maximum absolute atomic E-state index is 5.23. The van der Waals surface area contributed by atoms with E-state index in [2.05, 4.69) is 115 Å². The third kappa shape index (κ3) is 4.36. The van der Waals surface area contributed by atoms with E-state index >= 15 is 0 Å². The molecule has 0 saturated carbocycles. The second kappa shape index (κ2) is 9.40. The molecule has 0 unspecified atom stereocenters. The minimum absolute atomic E-state index is 0.636. The summed E-state index contributed by atoms with van der Waals surface area (Å²) in [5.41, 5.74) is 10.0. The van der Waals surface area contributed by atoms with Crippen LogP contribution in [0.5, 0.6) is 0 Å². The minimum Gasteiger partial charge on any atom is -0.343 e. The zero-order valence-electron chi connectivity index (χ0n) is 19.4. The SMILES string of the molecule is c1ccc(CN=C2Cc3c(-c4ccccc4)cc(-c4ccccc4)nc3-c3ccccc3N2)cc1. The Labute approximate surface area is 205 Å². The average molecular weight is 452 g/mol. The molecule has 0 spiro atoms. The molecule has 1 aromatic heterocycles. The molecular weight excluding hydrogens is 426 g/mol. The summed E-state index contributed by atoms with van der Waals surface area (Å²) in [6.07, 6.45) is 0.684. The van der Waals surface area contributed by atoms with Crippen molar-refractivity contribution in [2.24, 2.45) is 4.99 Å². The van der Waals surface area contributed by atoms with Gasteiger partial charge >= 0.3 is 0 Å². The highest BCUT2D eigenvalue weighted by Crippen LogP contribution is 2.39. The molecular formula is C32H25N3. The molecule has 0 amide bonds. The summed E-state index contributed by atoms with van der Waals surface area (Å²) in [5, 5.41) is 3.62. The second-order valence-electron chi connectivity index (χ2n) is 8.71. The van der Waals surface area contributed by atoms with Gasteiger partial charge in [-0.2, -0.15) is 0 Å². The quantitative estimate of drug-likeness (QED) is 0.305. The maximum Gasteiger partial charge on any atom is 0.106 e.